The molecule has 0 bridgehead atoms. The average molecular weight is 547 g/mol. The summed E-state index contributed by atoms with van der Waals surface area (Å²) in [6, 6.07) is 13.3. The molecule has 2 aromatic carbocycles. The van der Waals surface area contributed by atoms with Gasteiger partial charge in [-0.2, -0.15) is 17.9 Å². The van der Waals surface area contributed by atoms with Gasteiger partial charge in [0.2, 0.25) is 0 Å². The monoisotopic (exact) mass is 546 g/mol. The van der Waals surface area contributed by atoms with Gasteiger partial charge in [-0.1, -0.05) is 6.07 Å². The summed E-state index contributed by atoms with van der Waals surface area (Å²) in [5.41, 5.74) is 8.00. The second kappa shape index (κ2) is 12.5. The molecule has 0 spiro atoms. The molecule has 1 atom stereocenters. The van der Waals surface area contributed by atoms with Crippen molar-refractivity contribution in [1.82, 2.24) is 9.42 Å². The van der Waals surface area contributed by atoms with Gasteiger partial charge in [-0.3, -0.25) is 4.79 Å². The lowest BCUT2D eigenvalue weighted by Crippen LogP contribution is -2.54. The Balaban J connectivity index is 0.00000380. The molecular formula is C26H31FN4O4S2. The molecule has 8 nitrogen and oxygen atoms in total. The number of benzene rings is 2. The summed E-state index contributed by atoms with van der Waals surface area (Å²) in [7, 11) is 4.88. The third-order valence-electron chi connectivity index (χ3n) is 6.37. The molecule has 1 unspecified atom stereocenters. The Morgan fingerprint density at radius 2 is 1.95 bits per heavy atom. The zero-order valence-electron chi connectivity index (χ0n) is 20.9. The second-order valence-electron chi connectivity index (χ2n) is 8.52. The summed E-state index contributed by atoms with van der Waals surface area (Å²) in [5.74, 6) is 0.699. The fourth-order valence-electron chi connectivity index (χ4n) is 4.44. The number of halogens is 1. The van der Waals surface area contributed by atoms with Gasteiger partial charge >= 0.3 is 5.97 Å². The minimum atomic E-state index is -0.912. The third kappa shape index (κ3) is 6.30. The minimum Gasteiger partial charge on any atom is -0.497 e. The zero-order chi connectivity index (χ0) is 25.7. The van der Waals surface area contributed by atoms with Gasteiger partial charge in [-0.25, -0.2) is 14.4 Å². The van der Waals surface area contributed by atoms with Crippen LogP contribution in [-0.4, -0.2) is 55.5 Å². The number of methoxy groups -OCH3 is 2. The summed E-state index contributed by atoms with van der Waals surface area (Å²) >= 11 is 1.16. The summed E-state index contributed by atoms with van der Waals surface area (Å²) in [5, 5.41) is 2.05. The maximum atomic E-state index is 13.3. The van der Waals surface area contributed by atoms with Gasteiger partial charge < -0.3 is 19.4 Å². The van der Waals surface area contributed by atoms with E-state index in [1.54, 1.807) is 25.3 Å². The first-order valence-electron chi connectivity index (χ1n) is 11.4. The molecular weight excluding hydrogens is 515 g/mol. The summed E-state index contributed by atoms with van der Waals surface area (Å²) in [4.78, 5) is 17.9. The highest BCUT2D eigenvalue weighted by atomic mass is 32.2. The van der Waals surface area contributed by atoms with Crippen LogP contribution in [0.3, 0.4) is 0 Å². The van der Waals surface area contributed by atoms with E-state index in [1.165, 1.54) is 25.4 Å². The van der Waals surface area contributed by atoms with E-state index >= 15 is 0 Å². The van der Waals surface area contributed by atoms with Crippen LogP contribution in [0.2, 0.25) is 0 Å². The van der Waals surface area contributed by atoms with Crippen molar-refractivity contribution < 1.29 is 22.8 Å². The first kappa shape index (κ1) is 28.6. The van der Waals surface area contributed by atoms with Gasteiger partial charge in [0, 0.05) is 26.2 Å². The van der Waals surface area contributed by atoms with E-state index < -0.39 is 5.41 Å². The Bertz CT molecular complexity index is 1210. The Labute approximate surface area is 227 Å². The number of piperidine rings is 1. The van der Waals surface area contributed by atoms with Crippen molar-refractivity contribution in [3.8, 4) is 11.5 Å². The number of rotatable bonds is 7. The second-order valence-corrected chi connectivity index (χ2v) is 9.37. The Kier molecular flexibility index (Phi) is 9.66. The van der Waals surface area contributed by atoms with Crippen molar-refractivity contribution in [3.63, 3.8) is 0 Å². The lowest BCUT2D eigenvalue weighted by Gasteiger charge is -2.46. The molecule has 1 fully saturated rings. The summed E-state index contributed by atoms with van der Waals surface area (Å²) in [6.07, 6.45) is 4.36. The van der Waals surface area contributed by atoms with Gasteiger partial charge in [0.25, 0.3) is 0 Å². The van der Waals surface area contributed by atoms with Crippen LogP contribution in [0.15, 0.2) is 76.9 Å². The molecule has 2 N–H and O–H groups in total. The van der Waals surface area contributed by atoms with Crippen LogP contribution in [0.25, 0.3) is 0 Å². The Morgan fingerprint density at radius 3 is 2.62 bits per heavy atom. The van der Waals surface area contributed by atoms with Crippen LogP contribution in [0.1, 0.15) is 12.8 Å². The molecule has 4 rings (SSSR count). The van der Waals surface area contributed by atoms with Crippen LogP contribution in [-0.2, 0) is 9.53 Å². The predicted octanol–water partition coefficient (Wildman–Crippen LogP) is 4.55. The van der Waals surface area contributed by atoms with Crippen molar-refractivity contribution >= 4 is 43.1 Å². The summed E-state index contributed by atoms with van der Waals surface area (Å²) in [6.45, 7) is 1.05. The van der Waals surface area contributed by atoms with Gasteiger partial charge in [-0.05, 0) is 72.7 Å². The van der Waals surface area contributed by atoms with Crippen LogP contribution >= 0.6 is 25.7 Å². The first-order valence-corrected chi connectivity index (χ1v) is 12.1. The van der Waals surface area contributed by atoms with Crippen molar-refractivity contribution in [2.75, 3.05) is 34.4 Å². The van der Waals surface area contributed by atoms with Crippen molar-refractivity contribution in [1.29, 1.82) is 0 Å². The lowest BCUT2D eigenvalue weighted by molar-refractivity contribution is -0.154. The quantitative estimate of drug-likeness (QED) is 0.308. The van der Waals surface area contributed by atoms with Gasteiger partial charge in [-0.15, -0.1) is 0 Å². The number of hydrazine groups is 1. The van der Waals surface area contributed by atoms with Crippen LogP contribution in [0, 0.1) is 11.2 Å². The van der Waals surface area contributed by atoms with E-state index in [1.807, 2.05) is 35.7 Å². The standard InChI is InChI=1S/C26H29FN4O4S.H2S/c1-30(36-35-23-6-4-5-22(14-23)33-2)31-12-11-19-13-24(29-21-9-7-20(27)8-10-21)18(16-28)15-26(19,17-31)25(32)34-3;/h4-10,13-14,16H,11-12,15,17,28H2,1-3H3;1H2. The molecule has 198 valence electrons. The average Bonchev–Trinajstić information content (AvgIpc) is 2.91. The Morgan fingerprint density at radius 1 is 1.22 bits per heavy atom. The molecule has 2 aromatic rings. The van der Waals surface area contributed by atoms with E-state index in [0.717, 1.165) is 23.4 Å². The van der Waals surface area contributed by atoms with E-state index in [-0.39, 0.29) is 25.3 Å². The van der Waals surface area contributed by atoms with Crippen LogP contribution in [0.5, 0.6) is 11.5 Å². The van der Waals surface area contributed by atoms with E-state index in [9.17, 15) is 9.18 Å². The predicted molar refractivity (Wildman–Crippen MR) is 148 cm³/mol. The number of ether oxygens (including phenoxy) is 2. The fourth-order valence-corrected chi connectivity index (χ4v) is 4.97. The molecule has 1 saturated heterocycles. The molecule has 0 saturated carbocycles. The number of aliphatic imine (C=N–C) groups is 1. The van der Waals surface area contributed by atoms with E-state index in [2.05, 4.69) is 10.0 Å². The lowest BCUT2D eigenvalue weighted by atomic mass is 9.67. The van der Waals surface area contributed by atoms with Gasteiger partial charge in [0.15, 0.2) is 12.2 Å². The number of nitrogens with zero attached hydrogens (tertiary/aromatic N) is 3. The molecule has 1 aliphatic heterocycles. The number of allylic oxidation sites excluding steroid dienone is 2. The number of carbonyl (C=O) groups is 1. The number of hydrogen-bond acceptors (Lipinski definition) is 9. The molecule has 1 aliphatic carbocycles. The molecule has 0 radical (unpaired) electrons. The SMILES string of the molecule is COC(=O)C12CC(=CN)C(=Nc3ccc(F)cc3)C=C1CCN(N(C)SOc1cccc(OC)c1)C2.S. The number of nitrogens with two attached hydrogens (primary N) is 1. The largest absolute Gasteiger partial charge is 0.497 e. The molecule has 11 heteroatoms. The van der Waals surface area contributed by atoms with Crippen molar-refractivity contribution in [2.45, 2.75) is 12.8 Å². The Hall–Kier alpha value is -2.99. The molecule has 2 aliphatic rings. The molecule has 0 aromatic heterocycles. The van der Waals surface area contributed by atoms with Crippen LogP contribution in [0.4, 0.5) is 10.1 Å². The van der Waals surface area contributed by atoms with E-state index in [4.69, 9.17) is 19.4 Å². The molecule has 1 heterocycles. The van der Waals surface area contributed by atoms with E-state index in [0.29, 0.717) is 48.8 Å². The highest BCUT2D eigenvalue weighted by molar-refractivity contribution is 7.92. The zero-order valence-corrected chi connectivity index (χ0v) is 22.8. The number of fused-ring (bicyclic) bond motifs is 1. The maximum absolute atomic E-state index is 13.3. The fraction of sp³-hybridized carbons (Fsp3) is 0.308. The normalized spacial score (nSPS) is 21.7. The van der Waals surface area contributed by atoms with Gasteiger partial charge in [0.05, 0.1) is 25.6 Å². The topological polar surface area (TPSA) is 89.6 Å². The first-order chi connectivity index (χ1) is 17.4. The van der Waals surface area contributed by atoms with Gasteiger partial charge in [0.1, 0.15) is 22.7 Å². The molecule has 0 amide bonds. The molecule has 37 heavy (non-hydrogen) atoms. The smallest absolute Gasteiger partial charge is 0.317 e. The number of carbonyl (C=O) groups excluding carboxylic acids is 1. The maximum Gasteiger partial charge on any atom is 0.317 e. The number of hydrogen-bond donors (Lipinski definition) is 1. The van der Waals surface area contributed by atoms with Crippen molar-refractivity contribution in [2.24, 2.45) is 16.1 Å². The summed E-state index contributed by atoms with van der Waals surface area (Å²) < 4.78 is 31.6. The van der Waals surface area contributed by atoms with Crippen molar-refractivity contribution in [3.05, 3.63) is 77.8 Å². The number of esters is 1. The third-order valence-corrected chi connectivity index (χ3v) is 7.09. The van der Waals surface area contributed by atoms with Crippen LogP contribution < -0.4 is 14.7 Å². The highest BCUT2D eigenvalue weighted by Crippen LogP contribution is 2.46. The highest BCUT2D eigenvalue weighted by Gasteiger charge is 2.50. The minimum absolute atomic E-state index is 0.